The highest BCUT2D eigenvalue weighted by atomic mass is 32.1. The molecular weight excluding hydrogens is 415 g/mol. The van der Waals surface area contributed by atoms with Gasteiger partial charge in [-0.25, -0.2) is 4.39 Å². The topological polar surface area (TPSA) is 59.4 Å². The number of esters is 1. The molecule has 1 N–H and O–H groups in total. The first-order valence-electron chi connectivity index (χ1n) is 10.1. The third kappa shape index (κ3) is 4.44. The van der Waals surface area contributed by atoms with Crippen LogP contribution in [-0.4, -0.2) is 39.2 Å². The molecule has 0 amide bonds. The molecule has 1 aliphatic heterocycles. The molecule has 0 aliphatic carbocycles. The van der Waals surface area contributed by atoms with Crippen LogP contribution in [0.3, 0.4) is 0 Å². The van der Waals surface area contributed by atoms with E-state index < -0.39 is 0 Å². The number of ether oxygens (including phenoxy) is 1. The SMILES string of the molecule is COC(=O)CCCN1C(=S)N[C@H](c2ccccn2)[C@@H]1c1cccn1-c1ccc(F)cc1. The van der Waals surface area contributed by atoms with E-state index in [1.807, 2.05) is 41.1 Å². The molecule has 4 rings (SSSR count). The number of carbonyl (C=O) groups is 1. The van der Waals surface area contributed by atoms with Gasteiger partial charge in [-0.05, 0) is 67.2 Å². The number of carbonyl (C=O) groups excluding carboxylic acids is 1. The molecule has 0 radical (unpaired) electrons. The molecule has 0 bridgehead atoms. The Morgan fingerprint density at radius 1 is 1.19 bits per heavy atom. The molecule has 31 heavy (non-hydrogen) atoms. The third-order valence-corrected chi connectivity index (χ3v) is 5.75. The van der Waals surface area contributed by atoms with Crippen LogP contribution in [0, 0.1) is 5.82 Å². The first-order chi connectivity index (χ1) is 15.1. The molecule has 2 aromatic heterocycles. The number of hydrogen-bond donors (Lipinski definition) is 1. The smallest absolute Gasteiger partial charge is 0.305 e. The lowest BCUT2D eigenvalue weighted by Crippen LogP contribution is -2.31. The second-order valence-electron chi connectivity index (χ2n) is 7.28. The lowest BCUT2D eigenvalue weighted by molar-refractivity contribution is -0.140. The van der Waals surface area contributed by atoms with E-state index in [2.05, 4.69) is 15.2 Å². The van der Waals surface area contributed by atoms with Gasteiger partial charge in [-0.1, -0.05) is 6.07 Å². The van der Waals surface area contributed by atoms with Gasteiger partial charge in [-0.2, -0.15) is 0 Å². The van der Waals surface area contributed by atoms with Gasteiger partial charge in [0.25, 0.3) is 0 Å². The predicted octanol–water partition coefficient (Wildman–Crippen LogP) is 3.94. The summed E-state index contributed by atoms with van der Waals surface area (Å²) in [5.41, 5.74) is 2.72. The number of nitrogens with zero attached hydrogens (tertiary/aromatic N) is 3. The molecule has 1 aliphatic rings. The number of hydrogen-bond acceptors (Lipinski definition) is 4. The normalized spacial score (nSPS) is 18.1. The van der Waals surface area contributed by atoms with Gasteiger partial charge in [0.15, 0.2) is 5.11 Å². The average molecular weight is 439 g/mol. The van der Waals surface area contributed by atoms with Crippen LogP contribution in [0.4, 0.5) is 4.39 Å². The average Bonchev–Trinajstić information content (AvgIpc) is 3.39. The summed E-state index contributed by atoms with van der Waals surface area (Å²) in [5.74, 6) is -0.525. The van der Waals surface area contributed by atoms with Crippen LogP contribution in [0.15, 0.2) is 67.0 Å². The van der Waals surface area contributed by atoms with Crippen LogP contribution in [0.2, 0.25) is 0 Å². The lowest BCUT2D eigenvalue weighted by atomic mass is 10.0. The van der Waals surface area contributed by atoms with Crippen molar-refractivity contribution in [2.24, 2.45) is 0 Å². The summed E-state index contributed by atoms with van der Waals surface area (Å²) < 4.78 is 20.3. The summed E-state index contributed by atoms with van der Waals surface area (Å²) in [6, 6.07) is 15.9. The number of rotatable bonds is 7. The number of pyridine rings is 1. The number of nitrogens with one attached hydrogen (secondary N) is 1. The Morgan fingerprint density at radius 3 is 2.71 bits per heavy atom. The fourth-order valence-corrected chi connectivity index (χ4v) is 4.27. The van der Waals surface area contributed by atoms with Crippen molar-refractivity contribution in [2.45, 2.75) is 24.9 Å². The molecule has 0 unspecified atom stereocenters. The zero-order valence-corrected chi connectivity index (χ0v) is 17.9. The van der Waals surface area contributed by atoms with Gasteiger partial charge >= 0.3 is 5.97 Å². The van der Waals surface area contributed by atoms with Crippen LogP contribution in [0.25, 0.3) is 5.69 Å². The Labute approximate surface area is 185 Å². The molecule has 1 aromatic carbocycles. The second kappa shape index (κ2) is 9.26. The van der Waals surface area contributed by atoms with E-state index in [4.69, 9.17) is 17.0 Å². The second-order valence-corrected chi connectivity index (χ2v) is 7.67. The van der Waals surface area contributed by atoms with Crippen molar-refractivity contribution in [2.75, 3.05) is 13.7 Å². The number of halogens is 1. The minimum Gasteiger partial charge on any atom is -0.469 e. The van der Waals surface area contributed by atoms with Gasteiger partial charge in [-0.3, -0.25) is 9.78 Å². The number of methoxy groups -OCH3 is 1. The van der Waals surface area contributed by atoms with E-state index in [9.17, 15) is 9.18 Å². The Bertz CT molecular complexity index is 1050. The summed E-state index contributed by atoms with van der Waals surface area (Å²) in [6.07, 6.45) is 4.63. The molecular formula is C23H23FN4O2S. The molecule has 8 heteroatoms. The van der Waals surface area contributed by atoms with Gasteiger partial charge in [0.2, 0.25) is 0 Å². The van der Waals surface area contributed by atoms with E-state index in [0.717, 1.165) is 17.1 Å². The Kier molecular flexibility index (Phi) is 6.27. The first kappa shape index (κ1) is 21.0. The molecule has 3 heterocycles. The van der Waals surface area contributed by atoms with E-state index in [-0.39, 0.29) is 23.9 Å². The third-order valence-electron chi connectivity index (χ3n) is 5.39. The van der Waals surface area contributed by atoms with Gasteiger partial charge < -0.3 is 19.5 Å². The highest BCUT2D eigenvalue weighted by Gasteiger charge is 2.41. The minimum absolute atomic E-state index is 0.153. The largest absolute Gasteiger partial charge is 0.469 e. The van der Waals surface area contributed by atoms with Crippen molar-refractivity contribution in [3.05, 3.63) is 84.2 Å². The highest BCUT2D eigenvalue weighted by Crippen LogP contribution is 2.39. The molecule has 1 fully saturated rings. The summed E-state index contributed by atoms with van der Waals surface area (Å²) in [5, 5.41) is 4.01. The van der Waals surface area contributed by atoms with Gasteiger partial charge in [0.05, 0.1) is 24.9 Å². The standard InChI is InChI=1S/C23H23FN4O2S/c1-30-20(29)8-5-15-28-22(21(26-23(28)31)18-6-2-3-13-25-18)19-7-4-14-27(19)17-11-9-16(24)10-12-17/h2-4,6-7,9-14,21-22H,5,8,15H2,1H3,(H,26,31)/t21-,22+/m1/s1. The zero-order valence-electron chi connectivity index (χ0n) is 17.1. The molecule has 0 saturated carbocycles. The minimum atomic E-state index is -0.281. The van der Waals surface area contributed by atoms with E-state index in [0.29, 0.717) is 24.5 Å². The zero-order chi connectivity index (χ0) is 21.8. The van der Waals surface area contributed by atoms with E-state index >= 15 is 0 Å². The van der Waals surface area contributed by atoms with E-state index in [1.165, 1.54) is 19.2 Å². The Balaban J connectivity index is 1.70. The molecule has 1 saturated heterocycles. The fourth-order valence-electron chi connectivity index (χ4n) is 3.94. The van der Waals surface area contributed by atoms with Gasteiger partial charge in [0.1, 0.15) is 5.82 Å². The fraction of sp³-hybridized carbons (Fsp3) is 0.261. The van der Waals surface area contributed by atoms with Crippen molar-refractivity contribution >= 4 is 23.3 Å². The summed E-state index contributed by atoms with van der Waals surface area (Å²) in [7, 11) is 1.39. The molecule has 0 spiro atoms. The maximum Gasteiger partial charge on any atom is 0.305 e. The van der Waals surface area contributed by atoms with Crippen LogP contribution in [-0.2, 0) is 9.53 Å². The van der Waals surface area contributed by atoms with Crippen LogP contribution >= 0.6 is 12.2 Å². The summed E-state index contributed by atoms with van der Waals surface area (Å²) in [6.45, 7) is 0.587. The van der Waals surface area contributed by atoms with E-state index in [1.54, 1.807) is 18.3 Å². The highest BCUT2D eigenvalue weighted by molar-refractivity contribution is 7.80. The Hall–Kier alpha value is -3.26. The maximum absolute atomic E-state index is 13.5. The molecule has 3 aromatic rings. The molecule has 160 valence electrons. The van der Waals surface area contributed by atoms with Crippen LogP contribution in [0.5, 0.6) is 0 Å². The van der Waals surface area contributed by atoms with Crippen molar-refractivity contribution in [1.82, 2.24) is 19.8 Å². The summed E-state index contributed by atoms with van der Waals surface area (Å²) in [4.78, 5) is 18.2. The lowest BCUT2D eigenvalue weighted by Gasteiger charge is -2.29. The van der Waals surface area contributed by atoms with Crippen molar-refractivity contribution in [3.63, 3.8) is 0 Å². The van der Waals surface area contributed by atoms with Crippen molar-refractivity contribution in [1.29, 1.82) is 0 Å². The number of thiocarbonyl (C=S) groups is 1. The van der Waals surface area contributed by atoms with Crippen molar-refractivity contribution < 1.29 is 13.9 Å². The van der Waals surface area contributed by atoms with Crippen LogP contribution < -0.4 is 5.32 Å². The quantitative estimate of drug-likeness (QED) is 0.446. The van der Waals surface area contributed by atoms with Gasteiger partial charge in [0, 0.05) is 36.7 Å². The monoisotopic (exact) mass is 438 g/mol. The first-order valence-corrected chi connectivity index (χ1v) is 10.5. The summed E-state index contributed by atoms with van der Waals surface area (Å²) >= 11 is 5.67. The maximum atomic E-state index is 13.5. The molecule has 2 atom stereocenters. The number of aromatic nitrogens is 2. The van der Waals surface area contributed by atoms with Crippen LogP contribution in [0.1, 0.15) is 36.3 Å². The number of benzene rings is 1. The predicted molar refractivity (Wildman–Crippen MR) is 119 cm³/mol. The van der Waals surface area contributed by atoms with Crippen molar-refractivity contribution in [3.8, 4) is 5.69 Å². The Morgan fingerprint density at radius 2 is 2.00 bits per heavy atom. The van der Waals surface area contributed by atoms with Gasteiger partial charge in [-0.15, -0.1) is 0 Å². The molecule has 6 nitrogen and oxygen atoms in total.